The van der Waals surface area contributed by atoms with Crippen LogP contribution >= 0.6 is 0 Å². The molecule has 2 aromatic carbocycles. The SMILES string of the molecule is CC(C)CC(NC(=O)C(Cc1ccccc1)Nc1ccccc1)B1O[C@@H]2C[C@@H]3CC(C3(C)C)[C@]2(C)O1. The van der Waals surface area contributed by atoms with Gasteiger partial charge in [0.25, 0.3) is 0 Å². The smallest absolute Gasteiger partial charge is 0.404 e. The van der Waals surface area contributed by atoms with Crippen molar-refractivity contribution < 1.29 is 14.1 Å². The first kappa shape index (κ1) is 25.3. The van der Waals surface area contributed by atoms with Gasteiger partial charge >= 0.3 is 7.12 Å². The number of carbonyl (C=O) groups excluding carboxylic acids is 1. The van der Waals surface area contributed by atoms with E-state index in [1.807, 2.05) is 48.5 Å². The van der Waals surface area contributed by atoms with Gasteiger partial charge in [0.2, 0.25) is 5.91 Å². The van der Waals surface area contributed by atoms with Crippen molar-refractivity contribution in [2.24, 2.45) is 23.2 Å². The van der Waals surface area contributed by atoms with Crippen molar-refractivity contribution in [1.82, 2.24) is 5.32 Å². The van der Waals surface area contributed by atoms with E-state index in [1.165, 1.54) is 6.42 Å². The zero-order valence-corrected chi connectivity index (χ0v) is 22.4. The molecule has 6 rings (SSSR count). The van der Waals surface area contributed by atoms with Crippen LogP contribution in [0.4, 0.5) is 5.69 Å². The number of hydrogen-bond donors (Lipinski definition) is 2. The highest BCUT2D eigenvalue weighted by Gasteiger charge is 2.68. The molecule has 0 radical (unpaired) electrons. The molecule has 3 aliphatic carbocycles. The second-order valence-electron chi connectivity index (χ2n) is 12.3. The molecule has 4 fully saturated rings. The summed E-state index contributed by atoms with van der Waals surface area (Å²) in [5.74, 6) is 1.38. The van der Waals surface area contributed by atoms with Gasteiger partial charge in [-0.05, 0) is 67.1 Å². The number of hydrogen-bond acceptors (Lipinski definition) is 4. The summed E-state index contributed by atoms with van der Waals surface area (Å²) in [5, 5.41) is 6.82. The second-order valence-corrected chi connectivity index (χ2v) is 12.3. The van der Waals surface area contributed by atoms with Crippen LogP contribution in [0.2, 0.25) is 0 Å². The van der Waals surface area contributed by atoms with Crippen molar-refractivity contribution >= 4 is 18.7 Å². The fourth-order valence-corrected chi connectivity index (χ4v) is 6.89. The molecule has 36 heavy (non-hydrogen) atoms. The number of carbonyl (C=O) groups is 1. The molecule has 6 atom stereocenters. The zero-order chi connectivity index (χ0) is 25.5. The number of amides is 1. The molecule has 6 heteroatoms. The standard InChI is InChI=1S/C30H41BN2O3/c1-20(2)16-27(31-35-26-19-22-18-25(29(22,3)4)30(26,5)36-31)33-28(34)24(17-21-12-8-6-9-13-21)32-23-14-10-7-11-15-23/h6-15,20,22,24-27,32H,16-19H2,1-5H3,(H,33,34)/t22-,24?,25?,26+,27?,30-/m0/s1. The third kappa shape index (κ3) is 4.82. The Morgan fingerprint density at radius 3 is 2.33 bits per heavy atom. The van der Waals surface area contributed by atoms with Gasteiger partial charge in [-0.15, -0.1) is 0 Å². The van der Waals surface area contributed by atoms with Gasteiger partial charge in [-0.1, -0.05) is 76.2 Å². The summed E-state index contributed by atoms with van der Waals surface area (Å²) in [4.78, 5) is 13.8. The molecule has 0 aromatic heterocycles. The molecule has 1 amide bonds. The van der Waals surface area contributed by atoms with E-state index in [0.717, 1.165) is 24.1 Å². The third-order valence-electron chi connectivity index (χ3n) is 9.06. The summed E-state index contributed by atoms with van der Waals surface area (Å²) in [5.41, 5.74) is 2.06. The van der Waals surface area contributed by atoms with Gasteiger partial charge in [-0.25, -0.2) is 0 Å². The minimum absolute atomic E-state index is 0.0230. The third-order valence-corrected chi connectivity index (χ3v) is 9.06. The van der Waals surface area contributed by atoms with Crippen LogP contribution in [0.15, 0.2) is 60.7 Å². The molecule has 2 bridgehead atoms. The van der Waals surface area contributed by atoms with Crippen LogP contribution in [0.3, 0.4) is 0 Å². The average molecular weight is 488 g/mol. The second kappa shape index (κ2) is 9.87. The Morgan fingerprint density at radius 2 is 1.69 bits per heavy atom. The van der Waals surface area contributed by atoms with E-state index in [0.29, 0.717) is 29.6 Å². The van der Waals surface area contributed by atoms with Crippen LogP contribution in [0, 0.1) is 23.2 Å². The number of rotatable bonds is 9. The van der Waals surface area contributed by atoms with Gasteiger partial charge in [-0.2, -0.15) is 0 Å². The first-order chi connectivity index (χ1) is 17.2. The fourth-order valence-electron chi connectivity index (χ4n) is 6.89. The van der Waals surface area contributed by atoms with E-state index in [2.05, 4.69) is 57.4 Å². The van der Waals surface area contributed by atoms with Crippen LogP contribution in [-0.4, -0.2) is 36.7 Å². The Morgan fingerprint density at radius 1 is 1.03 bits per heavy atom. The molecule has 192 valence electrons. The van der Waals surface area contributed by atoms with Crippen LogP contribution in [0.1, 0.15) is 59.4 Å². The molecule has 1 aliphatic heterocycles. The molecule has 0 spiro atoms. The Hall–Kier alpha value is -2.31. The number of benzene rings is 2. The van der Waals surface area contributed by atoms with E-state index in [1.54, 1.807) is 0 Å². The quantitative estimate of drug-likeness (QED) is 0.457. The van der Waals surface area contributed by atoms with E-state index in [4.69, 9.17) is 9.31 Å². The first-order valence-corrected chi connectivity index (χ1v) is 13.7. The largest absolute Gasteiger partial charge is 0.481 e. The summed E-state index contributed by atoms with van der Waals surface area (Å²) in [6, 6.07) is 19.7. The molecular formula is C30H41BN2O3. The van der Waals surface area contributed by atoms with Crippen molar-refractivity contribution in [2.45, 2.75) is 84.0 Å². The monoisotopic (exact) mass is 488 g/mol. The molecule has 1 saturated heterocycles. The van der Waals surface area contributed by atoms with E-state index >= 15 is 0 Å². The van der Waals surface area contributed by atoms with Crippen molar-refractivity contribution in [3.05, 3.63) is 66.2 Å². The summed E-state index contributed by atoms with van der Waals surface area (Å²) in [7, 11) is -0.421. The molecular weight excluding hydrogens is 447 g/mol. The van der Waals surface area contributed by atoms with Crippen LogP contribution < -0.4 is 10.6 Å². The lowest BCUT2D eigenvalue weighted by Gasteiger charge is -2.64. The number of nitrogens with one attached hydrogen (secondary N) is 2. The maximum Gasteiger partial charge on any atom is 0.481 e. The predicted molar refractivity (Wildman–Crippen MR) is 145 cm³/mol. The Kier molecular flexibility index (Phi) is 6.95. The van der Waals surface area contributed by atoms with Gasteiger partial charge in [0.1, 0.15) is 6.04 Å². The van der Waals surface area contributed by atoms with Gasteiger partial charge in [0.05, 0.1) is 17.6 Å². The first-order valence-electron chi connectivity index (χ1n) is 13.7. The van der Waals surface area contributed by atoms with Crippen molar-refractivity contribution in [3.8, 4) is 0 Å². The highest BCUT2D eigenvalue weighted by Crippen LogP contribution is 2.65. The van der Waals surface area contributed by atoms with E-state index < -0.39 is 13.2 Å². The van der Waals surface area contributed by atoms with Crippen LogP contribution in [0.25, 0.3) is 0 Å². The molecule has 4 aliphatic rings. The van der Waals surface area contributed by atoms with Gasteiger partial charge < -0.3 is 19.9 Å². The van der Waals surface area contributed by atoms with Crippen molar-refractivity contribution in [2.75, 3.05) is 5.32 Å². The minimum atomic E-state index is -0.421. The minimum Gasteiger partial charge on any atom is -0.404 e. The summed E-state index contributed by atoms with van der Waals surface area (Å²) >= 11 is 0. The molecule has 1 heterocycles. The van der Waals surface area contributed by atoms with Crippen molar-refractivity contribution in [1.29, 1.82) is 0 Å². The van der Waals surface area contributed by atoms with Gasteiger partial charge in [0, 0.05) is 12.1 Å². The van der Waals surface area contributed by atoms with E-state index in [-0.39, 0.29) is 23.6 Å². The maximum absolute atomic E-state index is 13.8. The van der Waals surface area contributed by atoms with Gasteiger partial charge in [0.15, 0.2) is 0 Å². The Labute approximate surface area is 216 Å². The zero-order valence-electron chi connectivity index (χ0n) is 22.4. The number of para-hydroxylation sites is 1. The lowest BCUT2D eigenvalue weighted by atomic mass is 9.43. The molecule has 2 N–H and O–H groups in total. The van der Waals surface area contributed by atoms with Crippen LogP contribution in [-0.2, 0) is 20.5 Å². The Balaban J connectivity index is 1.34. The molecule has 2 aromatic rings. The molecule has 3 saturated carbocycles. The molecule has 5 nitrogen and oxygen atoms in total. The topological polar surface area (TPSA) is 59.6 Å². The lowest BCUT2D eigenvalue weighted by Crippen LogP contribution is -2.65. The predicted octanol–water partition coefficient (Wildman–Crippen LogP) is 5.51. The normalized spacial score (nSPS) is 29.7. The maximum atomic E-state index is 13.8. The summed E-state index contributed by atoms with van der Waals surface area (Å²) < 4.78 is 13.3. The number of anilines is 1. The highest BCUT2D eigenvalue weighted by atomic mass is 16.7. The van der Waals surface area contributed by atoms with E-state index in [9.17, 15) is 4.79 Å². The highest BCUT2D eigenvalue weighted by molar-refractivity contribution is 6.48. The fraction of sp³-hybridized carbons (Fsp3) is 0.567. The summed E-state index contributed by atoms with van der Waals surface area (Å²) in [6.45, 7) is 11.4. The van der Waals surface area contributed by atoms with Gasteiger partial charge in [-0.3, -0.25) is 4.79 Å². The molecule has 3 unspecified atom stereocenters. The van der Waals surface area contributed by atoms with Crippen LogP contribution in [0.5, 0.6) is 0 Å². The summed E-state index contributed by atoms with van der Waals surface area (Å²) in [6.07, 6.45) is 3.77. The Bertz CT molecular complexity index is 1010. The van der Waals surface area contributed by atoms with Crippen molar-refractivity contribution in [3.63, 3.8) is 0 Å². The average Bonchev–Trinajstić information content (AvgIpc) is 3.21. The lowest BCUT2D eigenvalue weighted by molar-refractivity contribution is -0.199.